The van der Waals surface area contributed by atoms with Crippen LogP contribution in [-0.4, -0.2) is 129 Å². The Morgan fingerprint density at radius 1 is 0.746 bits per heavy atom. The number of nitrogens with one attached hydrogen (secondary N) is 1. The van der Waals surface area contributed by atoms with Crippen LogP contribution in [0.4, 0.5) is 0 Å². The zero-order valence-electron chi connectivity index (χ0n) is 38.5. The van der Waals surface area contributed by atoms with Crippen molar-refractivity contribution in [3.05, 3.63) is 88.0 Å². The summed E-state index contributed by atoms with van der Waals surface area (Å²) < 4.78 is 50.3. The highest BCUT2D eigenvalue weighted by molar-refractivity contribution is 5.89. The molecular formula is C49H70N2O12. The van der Waals surface area contributed by atoms with Gasteiger partial charge in [-0.1, -0.05) is 43.3 Å². The number of carbonyl (C=O) groups excluding carboxylic acids is 3. The molecule has 348 valence electrons. The van der Waals surface area contributed by atoms with Crippen LogP contribution in [0.5, 0.6) is 17.2 Å². The summed E-state index contributed by atoms with van der Waals surface area (Å²) in [7, 11) is 4.81. The van der Waals surface area contributed by atoms with Crippen molar-refractivity contribution in [2.75, 3.05) is 100 Å². The van der Waals surface area contributed by atoms with E-state index in [0.717, 1.165) is 35.1 Å². The molecule has 0 radical (unpaired) electrons. The van der Waals surface area contributed by atoms with Crippen LogP contribution in [0.1, 0.15) is 84.4 Å². The number of amides is 2. The highest BCUT2D eigenvalue weighted by Gasteiger charge is 2.38. The van der Waals surface area contributed by atoms with Gasteiger partial charge in [0.2, 0.25) is 5.91 Å². The Morgan fingerprint density at radius 3 is 2.10 bits per heavy atom. The number of hydrogen-bond donors (Lipinski definition) is 1. The lowest BCUT2D eigenvalue weighted by atomic mass is 9.91. The molecule has 4 rings (SSSR count). The molecule has 3 atom stereocenters. The monoisotopic (exact) mass is 878 g/mol. The van der Waals surface area contributed by atoms with E-state index in [1.165, 1.54) is 11.1 Å². The predicted molar refractivity (Wildman–Crippen MR) is 240 cm³/mol. The number of rotatable bonds is 29. The lowest BCUT2D eigenvalue weighted by molar-refractivity contribution is -0.162. The second kappa shape index (κ2) is 28.1. The third-order valence-corrected chi connectivity index (χ3v) is 11.1. The molecule has 3 aromatic carbocycles. The van der Waals surface area contributed by atoms with Gasteiger partial charge in [0.15, 0.2) is 18.1 Å². The van der Waals surface area contributed by atoms with E-state index < -0.39 is 24.0 Å². The summed E-state index contributed by atoms with van der Waals surface area (Å²) in [6, 6.07) is 16.8. The van der Waals surface area contributed by atoms with Gasteiger partial charge >= 0.3 is 5.97 Å². The molecule has 1 heterocycles. The van der Waals surface area contributed by atoms with Crippen LogP contribution in [0.15, 0.2) is 54.6 Å². The number of ether oxygens (including phenoxy) is 9. The molecule has 1 N–H and O–H groups in total. The number of aryl methyl sites for hydroxylation is 4. The normalized spacial score (nSPS) is 14.8. The SMILES string of the molecule is CC[C@H](C(=O)N1CCCC[C@H]1C(=O)OC(CCc1ccc(C)c(C)c1)c1cccc(OCC(=O)NCCOCCOCCOCCOCCOC)c1)c1cc(C)c(OC)c(OC)c1. The van der Waals surface area contributed by atoms with Gasteiger partial charge in [0, 0.05) is 20.2 Å². The Kier molecular flexibility index (Phi) is 22.7. The molecule has 3 aromatic rings. The summed E-state index contributed by atoms with van der Waals surface area (Å²) in [4.78, 5) is 43.1. The molecule has 0 aliphatic carbocycles. The summed E-state index contributed by atoms with van der Waals surface area (Å²) in [5, 5.41) is 2.81. The number of carbonyl (C=O) groups is 3. The number of nitrogens with zero attached hydrogens (tertiary/aromatic N) is 1. The summed E-state index contributed by atoms with van der Waals surface area (Å²) in [6.45, 7) is 12.8. The van der Waals surface area contributed by atoms with E-state index in [1.54, 1.807) is 32.3 Å². The topological polar surface area (TPSA) is 150 Å². The van der Waals surface area contributed by atoms with Gasteiger partial charge < -0.3 is 52.8 Å². The first-order valence-corrected chi connectivity index (χ1v) is 22.2. The number of esters is 1. The van der Waals surface area contributed by atoms with Crippen molar-refractivity contribution in [2.24, 2.45) is 0 Å². The van der Waals surface area contributed by atoms with Crippen molar-refractivity contribution in [2.45, 2.75) is 84.3 Å². The van der Waals surface area contributed by atoms with Gasteiger partial charge in [-0.25, -0.2) is 4.79 Å². The van der Waals surface area contributed by atoms with E-state index in [1.807, 2.05) is 44.2 Å². The molecule has 1 aliphatic rings. The van der Waals surface area contributed by atoms with Crippen LogP contribution in [0.25, 0.3) is 0 Å². The molecule has 14 nitrogen and oxygen atoms in total. The molecule has 1 aliphatic heterocycles. The third-order valence-electron chi connectivity index (χ3n) is 11.1. The minimum Gasteiger partial charge on any atom is -0.493 e. The smallest absolute Gasteiger partial charge is 0.329 e. The van der Waals surface area contributed by atoms with E-state index in [2.05, 4.69) is 37.4 Å². The van der Waals surface area contributed by atoms with Crippen LogP contribution in [0.3, 0.4) is 0 Å². The zero-order chi connectivity index (χ0) is 45.4. The van der Waals surface area contributed by atoms with Gasteiger partial charge in [-0.3, -0.25) is 9.59 Å². The quantitative estimate of drug-likeness (QED) is 0.0590. The number of benzene rings is 3. The van der Waals surface area contributed by atoms with Gasteiger partial charge in [-0.15, -0.1) is 0 Å². The van der Waals surface area contributed by atoms with Gasteiger partial charge in [-0.2, -0.15) is 0 Å². The molecule has 1 fully saturated rings. The van der Waals surface area contributed by atoms with E-state index in [4.69, 9.17) is 42.6 Å². The molecule has 14 heteroatoms. The average molecular weight is 879 g/mol. The third kappa shape index (κ3) is 16.7. The molecule has 0 bridgehead atoms. The van der Waals surface area contributed by atoms with Crippen molar-refractivity contribution in [3.8, 4) is 17.2 Å². The first kappa shape index (κ1) is 50.9. The van der Waals surface area contributed by atoms with Crippen molar-refractivity contribution in [1.29, 1.82) is 0 Å². The van der Waals surface area contributed by atoms with E-state index in [-0.39, 0.29) is 18.4 Å². The molecular weight excluding hydrogens is 809 g/mol. The Morgan fingerprint density at radius 2 is 1.44 bits per heavy atom. The number of hydrogen-bond acceptors (Lipinski definition) is 12. The Balaban J connectivity index is 1.34. The number of piperidine rings is 1. The fourth-order valence-electron chi connectivity index (χ4n) is 7.52. The summed E-state index contributed by atoms with van der Waals surface area (Å²) in [5.74, 6) is 0.339. The van der Waals surface area contributed by atoms with Crippen LogP contribution in [0.2, 0.25) is 0 Å². The van der Waals surface area contributed by atoms with Gasteiger partial charge in [0.25, 0.3) is 5.91 Å². The minimum atomic E-state index is -0.729. The maximum atomic E-state index is 14.4. The van der Waals surface area contributed by atoms with Crippen molar-refractivity contribution < 1.29 is 57.0 Å². The summed E-state index contributed by atoms with van der Waals surface area (Å²) >= 11 is 0. The molecule has 2 amide bonds. The molecule has 0 aromatic heterocycles. The maximum Gasteiger partial charge on any atom is 0.329 e. The van der Waals surface area contributed by atoms with E-state index in [0.29, 0.717) is 115 Å². The van der Waals surface area contributed by atoms with E-state index >= 15 is 0 Å². The minimum absolute atomic E-state index is 0.111. The zero-order valence-corrected chi connectivity index (χ0v) is 38.5. The van der Waals surface area contributed by atoms with E-state index in [9.17, 15) is 14.4 Å². The number of likely N-dealkylation sites (tertiary alicyclic amines) is 1. The molecule has 0 spiro atoms. The molecule has 63 heavy (non-hydrogen) atoms. The second-order valence-electron chi connectivity index (χ2n) is 15.6. The number of methoxy groups -OCH3 is 3. The fraction of sp³-hybridized carbons (Fsp3) is 0.571. The lowest BCUT2D eigenvalue weighted by Crippen LogP contribution is -2.50. The van der Waals surface area contributed by atoms with Crippen LogP contribution in [0, 0.1) is 20.8 Å². The Bertz CT molecular complexity index is 1850. The average Bonchev–Trinajstić information content (AvgIpc) is 3.29. The van der Waals surface area contributed by atoms with Gasteiger partial charge in [0.05, 0.1) is 79.6 Å². The lowest BCUT2D eigenvalue weighted by Gasteiger charge is -2.37. The van der Waals surface area contributed by atoms with Gasteiger partial charge in [0.1, 0.15) is 17.9 Å². The first-order valence-electron chi connectivity index (χ1n) is 22.2. The van der Waals surface area contributed by atoms with Gasteiger partial charge in [-0.05, 0) is 111 Å². The Labute approximate surface area is 374 Å². The van der Waals surface area contributed by atoms with Crippen LogP contribution >= 0.6 is 0 Å². The molecule has 1 saturated heterocycles. The largest absolute Gasteiger partial charge is 0.493 e. The molecule has 0 saturated carbocycles. The predicted octanol–water partition coefficient (Wildman–Crippen LogP) is 6.63. The summed E-state index contributed by atoms with van der Waals surface area (Å²) in [6.07, 6.45) is 3.19. The fourth-order valence-corrected chi connectivity index (χ4v) is 7.52. The first-order chi connectivity index (χ1) is 30.6. The highest BCUT2D eigenvalue weighted by atomic mass is 16.6. The van der Waals surface area contributed by atoms with Crippen molar-refractivity contribution >= 4 is 17.8 Å². The highest BCUT2D eigenvalue weighted by Crippen LogP contribution is 2.37. The maximum absolute atomic E-state index is 14.4. The van der Waals surface area contributed by atoms with Crippen molar-refractivity contribution in [1.82, 2.24) is 10.2 Å². The van der Waals surface area contributed by atoms with Crippen LogP contribution < -0.4 is 19.5 Å². The standard InChI is InChI=1S/C49H70N2O12/c1-8-42(40-31-37(4)47(57-7)45(33-40)56-6)48(53)51-20-10-9-14-43(51)49(54)63-44(18-17-38-16-15-35(2)36(3)30-38)39-12-11-13-41(32-39)62-34-46(52)50-19-21-58-24-25-60-28-29-61-27-26-59-23-22-55-5/h11-13,15-16,30-33,42-44H,8-10,14,17-29,34H2,1-7H3,(H,50,52)/t42-,43-,44?/m0/s1. The molecule has 1 unspecified atom stereocenters. The van der Waals surface area contributed by atoms with Crippen LogP contribution in [-0.2, 0) is 49.2 Å². The second-order valence-corrected chi connectivity index (χ2v) is 15.6. The Hall–Kier alpha value is -4.73. The summed E-state index contributed by atoms with van der Waals surface area (Å²) in [5.41, 5.74) is 5.94. The van der Waals surface area contributed by atoms with Crippen molar-refractivity contribution in [3.63, 3.8) is 0 Å².